The lowest BCUT2D eigenvalue weighted by Gasteiger charge is -2.31. The molecule has 0 radical (unpaired) electrons. The lowest BCUT2D eigenvalue weighted by Crippen LogP contribution is -2.29. The van der Waals surface area contributed by atoms with E-state index in [2.05, 4.69) is 19.2 Å². The largest absolute Gasteiger partial charge is 0.497 e. The monoisotopic (exact) mass is 333 g/mol. The van der Waals surface area contributed by atoms with Crippen LogP contribution in [0, 0.1) is 11.8 Å². The summed E-state index contributed by atoms with van der Waals surface area (Å²) in [4.78, 5) is 23.8. The zero-order valence-corrected chi connectivity index (χ0v) is 14.7. The second-order valence-electron chi connectivity index (χ2n) is 6.66. The number of esters is 1. The SMILES string of the molecule is COc1ccc(NC(=O)CCC(=O)O[C@@H]2CC[C@H](C)[C@@H](C)C2)cc1. The molecule has 0 spiro atoms. The highest BCUT2D eigenvalue weighted by Gasteiger charge is 2.27. The van der Waals surface area contributed by atoms with Gasteiger partial charge in [-0.2, -0.15) is 0 Å². The second-order valence-corrected chi connectivity index (χ2v) is 6.66. The van der Waals surface area contributed by atoms with Gasteiger partial charge >= 0.3 is 5.97 Å². The third-order valence-electron chi connectivity index (χ3n) is 4.78. The van der Waals surface area contributed by atoms with Crippen LogP contribution >= 0.6 is 0 Å². The van der Waals surface area contributed by atoms with Gasteiger partial charge in [-0.15, -0.1) is 0 Å². The summed E-state index contributed by atoms with van der Waals surface area (Å²) in [6, 6.07) is 7.07. The number of carbonyl (C=O) groups excluding carboxylic acids is 2. The fraction of sp³-hybridized carbons (Fsp3) is 0.579. The molecule has 0 bridgehead atoms. The number of anilines is 1. The Bertz CT molecular complexity index is 555. The van der Waals surface area contributed by atoms with Crippen molar-refractivity contribution in [2.75, 3.05) is 12.4 Å². The molecule has 24 heavy (non-hydrogen) atoms. The maximum atomic E-state index is 11.9. The molecule has 1 aliphatic carbocycles. The van der Waals surface area contributed by atoms with Crippen LogP contribution in [-0.4, -0.2) is 25.1 Å². The van der Waals surface area contributed by atoms with E-state index in [1.807, 2.05) is 0 Å². The molecule has 1 N–H and O–H groups in total. The maximum absolute atomic E-state index is 11.9. The summed E-state index contributed by atoms with van der Waals surface area (Å²) in [5.74, 6) is 1.52. The highest BCUT2D eigenvalue weighted by atomic mass is 16.5. The van der Waals surface area contributed by atoms with Crippen molar-refractivity contribution in [3.8, 4) is 5.75 Å². The summed E-state index contributed by atoms with van der Waals surface area (Å²) in [5.41, 5.74) is 0.685. The molecule has 3 atom stereocenters. The minimum absolute atomic E-state index is 0.00773. The number of rotatable bonds is 6. The molecule has 0 saturated heterocycles. The predicted molar refractivity (Wildman–Crippen MR) is 92.9 cm³/mol. The molecule has 1 saturated carbocycles. The highest BCUT2D eigenvalue weighted by molar-refractivity contribution is 5.92. The van der Waals surface area contributed by atoms with Gasteiger partial charge in [0.25, 0.3) is 0 Å². The van der Waals surface area contributed by atoms with E-state index in [-0.39, 0.29) is 30.8 Å². The van der Waals surface area contributed by atoms with Crippen molar-refractivity contribution in [2.24, 2.45) is 11.8 Å². The normalized spacial score (nSPS) is 23.4. The molecule has 1 aromatic carbocycles. The van der Waals surface area contributed by atoms with E-state index in [4.69, 9.17) is 9.47 Å². The summed E-state index contributed by atoms with van der Waals surface area (Å²) >= 11 is 0. The van der Waals surface area contributed by atoms with Crippen LogP contribution in [0.1, 0.15) is 46.0 Å². The van der Waals surface area contributed by atoms with E-state index in [0.717, 1.165) is 25.0 Å². The van der Waals surface area contributed by atoms with Crippen molar-refractivity contribution in [1.82, 2.24) is 0 Å². The van der Waals surface area contributed by atoms with E-state index in [9.17, 15) is 9.59 Å². The number of ether oxygens (including phenoxy) is 2. The van der Waals surface area contributed by atoms with Crippen molar-refractivity contribution in [1.29, 1.82) is 0 Å². The fourth-order valence-corrected chi connectivity index (χ4v) is 2.96. The van der Waals surface area contributed by atoms with Gasteiger partial charge in [-0.3, -0.25) is 9.59 Å². The summed E-state index contributed by atoms with van der Waals surface area (Å²) < 4.78 is 10.6. The lowest BCUT2D eigenvalue weighted by molar-refractivity contribution is -0.152. The number of amides is 1. The molecule has 2 rings (SSSR count). The summed E-state index contributed by atoms with van der Waals surface area (Å²) in [7, 11) is 1.59. The Kier molecular flexibility index (Phi) is 6.64. The number of methoxy groups -OCH3 is 1. The summed E-state index contributed by atoms with van der Waals surface area (Å²) in [6.07, 6.45) is 3.19. The standard InChI is InChI=1S/C19H27NO4/c1-13-4-7-17(12-14(13)2)24-19(22)11-10-18(21)20-15-5-8-16(23-3)9-6-15/h5-6,8-9,13-14,17H,4,7,10-12H2,1-3H3,(H,20,21)/t13-,14-,17+/m0/s1. The Morgan fingerprint density at radius 3 is 2.42 bits per heavy atom. The molecule has 0 heterocycles. The molecule has 132 valence electrons. The Hall–Kier alpha value is -2.04. The van der Waals surface area contributed by atoms with Crippen LogP contribution in [0.3, 0.4) is 0 Å². The topological polar surface area (TPSA) is 64.6 Å². The number of carbonyl (C=O) groups is 2. The molecule has 0 unspecified atom stereocenters. The van der Waals surface area contributed by atoms with Crippen molar-refractivity contribution in [3.05, 3.63) is 24.3 Å². The van der Waals surface area contributed by atoms with Gasteiger partial charge in [0.1, 0.15) is 11.9 Å². The van der Waals surface area contributed by atoms with Crippen LogP contribution < -0.4 is 10.1 Å². The van der Waals surface area contributed by atoms with Crippen LogP contribution in [0.5, 0.6) is 5.75 Å². The van der Waals surface area contributed by atoms with Crippen molar-refractivity contribution in [2.45, 2.75) is 52.1 Å². The predicted octanol–water partition coefficient (Wildman–Crippen LogP) is 3.78. The number of hydrogen-bond donors (Lipinski definition) is 1. The molecule has 0 aliphatic heterocycles. The van der Waals surface area contributed by atoms with E-state index < -0.39 is 0 Å². The van der Waals surface area contributed by atoms with Gasteiger partial charge in [0.15, 0.2) is 0 Å². The van der Waals surface area contributed by atoms with Gasteiger partial charge in [-0.05, 0) is 55.4 Å². The van der Waals surface area contributed by atoms with Gasteiger partial charge in [0.2, 0.25) is 5.91 Å². The first-order valence-corrected chi connectivity index (χ1v) is 8.61. The minimum Gasteiger partial charge on any atom is -0.497 e. The Labute approximate surface area is 143 Å². The number of nitrogens with one attached hydrogen (secondary N) is 1. The average molecular weight is 333 g/mol. The van der Waals surface area contributed by atoms with Crippen LogP contribution in [-0.2, 0) is 14.3 Å². The van der Waals surface area contributed by atoms with Gasteiger partial charge < -0.3 is 14.8 Å². The van der Waals surface area contributed by atoms with Crippen molar-refractivity contribution in [3.63, 3.8) is 0 Å². The molecule has 1 aliphatic rings. The smallest absolute Gasteiger partial charge is 0.306 e. The van der Waals surface area contributed by atoms with Crippen LogP contribution in [0.4, 0.5) is 5.69 Å². The van der Waals surface area contributed by atoms with Crippen LogP contribution in [0.2, 0.25) is 0 Å². The number of hydrogen-bond acceptors (Lipinski definition) is 4. The van der Waals surface area contributed by atoms with E-state index >= 15 is 0 Å². The zero-order chi connectivity index (χ0) is 17.5. The van der Waals surface area contributed by atoms with Crippen LogP contribution in [0.15, 0.2) is 24.3 Å². The first-order valence-electron chi connectivity index (χ1n) is 8.61. The molecular weight excluding hydrogens is 306 g/mol. The molecule has 5 nitrogen and oxygen atoms in total. The van der Waals surface area contributed by atoms with Crippen molar-refractivity contribution < 1.29 is 19.1 Å². The lowest BCUT2D eigenvalue weighted by atomic mass is 9.80. The zero-order valence-electron chi connectivity index (χ0n) is 14.7. The van der Waals surface area contributed by atoms with Gasteiger partial charge in [0, 0.05) is 12.1 Å². The van der Waals surface area contributed by atoms with Crippen molar-refractivity contribution >= 4 is 17.6 Å². The Balaban J connectivity index is 1.70. The van der Waals surface area contributed by atoms with Gasteiger partial charge in [-0.1, -0.05) is 13.8 Å². The second kappa shape index (κ2) is 8.71. The summed E-state index contributed by atoms with van der Waals surface area (Å²) in [6.45, 7) is 4.44. The Morgan fingerprint density at radius 2 is 1.79 bits per heavy atom. The quantitative estimate of drug-likeness (QED) is 0.805. The van der Waals surface area contributed by atoms with E-state index in [0.29, 0.717) is 17.5 Å². The maximum Gasteiger partial charge on any atom is 0.306 e. The molecule has 0 aromatic heterocycles. The minimum atomic E-state index is -0.286. The van der Waals surface area contributed by atoms with E-state index in [1.165, 1.54) is 0 Å². The summed E-state index contributed by atoms with van der Waals surface area (Å²) in [5, 5.41) is 2.76. The third-order valence-corrected chi connectivity index (χ3v) is 4.78. The highest BCUT2D eigenvalue weighted by Crippen LogP contribution is 2.31. The molecule has 5 heteroatoms. The first-order chi connectivity index (χ1) is 11.5. The van der Waals surface area contributed by atoms with Gasteiger partial charge in [0.05, 0.1) is 13.5 Å². The average Bonchev–Trinajstić information content (AvgIpc) is 2.57. The molecular formula is C19H27NO4. The van der Waals surface area contributed by atoms with Crippen LogP contribution in [0.25, 0.3) is 0 Å². The molecule has 1 amide bonds. The number of benzene rings is 1. The van der Waals surface area contributed by atoms with Gasteiger partial charge in [-0.25, -0.2) is 0 Å². The fourth-order valence-electron chi connectivity index (χ4n) is 2.96. The molecule has 1 fully saturated rings. The molecule has 1 aromatic rings. The first kappa shape index (κ1) is 18.3. The van der Waals surface area contributed by atoms with E-state index in [1.54, 1.807) is 31.4 Å². The Morgan fingerprint density at radius 1 is 1.08 bits per heavy atom. The third kappa shape index (κ3) is 5.55.